The van der Waals surface area contributed by atoms with Crippen LogP contribution in [0.15, 0.2) is 78.0 Å². The number of nitrogens with zero attached hydrogens (tertiary/aromatic N) is 4. The smallest absolute Gasteiger partial charge is 0.345 e. The monoisotopic (exact) mass is 569 g/mol. The Labute approximate surface area is 231 Å². The van der Waals surface area contributed by atoms with Crippen LogP contribution in [0.25, 0.3) is 5.69 Å². The molecule has 2 heterocycles. The number of thioether (sulfide) groups is 1. The Kier molecular flexibility index (Phi) is 7.88. The molecule has 0 saturated carbocycles. The third-order valence-corrected chi connectivity index (χ3v) is 7.31. The first-order valence-electron chi connectivity index (χ1n) is 12.4. The summed E-state index contributed by atoms with van der Waals surface area (Å²) in [5, 5.41) is 10.9. The van der Waals surface area contributed by atoms with Crippen molar-refractivity contribution in [3.8, 4) is 5.69 Å². The molecule has 0 atom stereocenters. The number of amides is 2. The Morgan fingerprint density at radius 2 is 1.75 bits per heavy atom. The van der Waals surface area contributed by atoms with Crippen molar-refractivity contribution in [1.29, 1.82) is 0 Å². The zero-order valence-corrected chi connectivity index (χ0v) is 21.8. The number of nitrogens with one attached hydrogen (secondary N) is 1. The summed E-state index contributed by atoms with van der Waals surface area (Å²) in [5.41, 5.74) is 0.960. The van der Waals surface area contributed by atoms with Crippen LogP contribution in [-0.4, -0.2) is 38.9 Å². The van der Waals surface area contributed by atoms with Gasteiger partial charge in [0.25, 0.3) is 5.91 Å². The predicted octanol–water partition coefficient (Wildman–Crippen LogP) is 5.43. The van der Waals surface area contributed by atoms with Gasteiger partial charge in [0.15, 0.2) is 11.0 Å². The van der Waals surface area contributed by atoms with E-state index in [1.165, 1.54) is 34.9 Å². The quantitative estimate of drug-likeness (QED) is 0.237. The fourth-order valence-corrected chi connectivity index (χ4v) is 5.33. The number of fused-ring (bicyclic) bond motifs is 1. The molecule has 0 fully saturated rings. The fourth-order valence-electron chi connectivity index (χ4n) is 4.49. The van der Waals surface area contributed by atoms with Gasteiger partial charge in [0.2, 0.25) is 5.91 Å². The van der Waals surface area contributed by atoms with Crippen LogP contribution < -0.4 is 10.2 Å². The molecule has 1 aliphatic rings. The van der Waals surface area contributed by atoms with Crippen LogP contribution >= 0.6 is 11.8 Å². The van der Waals surface area contributed by atoms with E-state index in [0.29, 0.717) is 6.54 Å². The molecule has 2 amide bonds. The maximum Gasteiger partial charge on any atom is 0.416 e. The molecule has 0 bridgehead atoms. The Hall–Kier alpha value is -4.19. The molecular weight excluding hydrogens is 546 g/mol. The topological polar surface area (TPSA) is 80.1 Å². The standard InChI is InChI=1S/C28H23F4N5O2S/c29-22-12-3-2-11-21(22)26(39)33-16-24-34-35-27(37(24)20-10-5-9-19(15-20)28(30,31)32)40-17-25(38)36-14-6-8-18-7-1-4-13-23(18)36/h1-5,7,9-13,15H,6,8,14,16-17H2,(H,33,39). The molecular formula is C28H23F4N5O2S. The second-order valence-electron chi connectivity index (χ2n) is 9.01. The summed E-state index contributed by atoms with van der Waals surface area (Å²) in [6, 6.07) is 17.7. The number of benzene rings is 3. The first-order chi connectivity index (χ1) is 19.2. The highest BCUT2D eigenvalue weighted by Crippen LogP contribution is 2.32. The maximum atomic E-state index is 14.1. The van der Waals surface area contributed by atoms with E-state index in [-0.39, 0.29) is 40.4 Å². The molecule has 0 aliphatic carbocycles. The number of hydrogen-bond acceptors (Lipinski definition) is 5. The Morgan fingerprint density at radius 1 is 0.975 bits per heavy atom. The average molecular weight is 570 g/mol. The Morgan fingerprint density at radius 3 is 2.55 bits per heavy atom. The lowest BCUT2D eigenvalue weighted by Crippen LogP contribution is -2.36. The maximum absolute atomic E-state index is 14.1. The summed E-state index contributed by atoms with van der Waals surface area (Å²) >= 11 is 1.03. The molecule has 206 valence electrons. The zero-order valence-electron chi connectivity index (χ0n) is 21.0. The molecule has 1 aliphatic heterocycles. The molecule has 0 unspecified atom stereocenters. The Bertz CT molecular complexity index is 1560. The normalized spacial score (nSPS) is 13.2. The highest BCUT2D eigenvalue weighted by molar-refractivity contribution is 7.99. The molecule has 1 N–H and O–H groups in total. The molecule has 40 heavy (non-hydrogen) atoms. The van der Waals surface area contributed by atoms with Gasteiger partial charge in [-0.3, -0.25) is 14.2 Å². The SMILES string of the molecule is O=C(NCc1nnc(SCC(=O)N2CCCc3ccccc32)n1-c1cccc(C(F)(F)F)c1)c1ccccc1F. The van der Waals surface area contributed by atoms with Gasteiger partial charge < -0.3 is 10.2 Å². The third kappa shape index (κ3) is 5.86. The number of anilines is 1. The molecule has 3 aromatic carbocycles. The minimum atomic E-state index is -4.59. The third-order valence-electron chi connectivity index (χ3n) is 6.39. The molecule has 7 nitrogen and oxygen atoms in total. The fraction of sp³-hybridized carbons (Fsp3) is 0.214. The van der Waals surface area contributed by atoms with Gasteiger partial charge >= 0.3 is 6.18 Å². The predicted molar refractivity (Wildman–Crippen MR) is 142 cm³/mol. The molecule has 0 saturated heterocycles. The summed E-state index contributed by atoms with van der Waals surface area (Å²) < 4.78 is 55.9. The van der Waals surface area contributed by atoms with Gasteiger partial charge in [-0.1, -0.05) is 48.2 Å². The summed E-state index contributed by atoms with van der Waals surface area (Å²) in [6.45, 7) is 0.314. The van der Waals surface area contributed by atoms with Crippen molar-refractivity contribution >= 4 is 29.3 Å². The highest BCUT2D eigenvalue weighted by Gasteiger charge is 2.31. The lowest BCUT2D eigenvalue weighted by atomic mass is 10.0. The number of rotatable bonds is 7. The van der Waals surface area contributed by atoms with Crippen molar-refractivity contribution in [2.45, 2.75) is 30.7 Å². The van der Waals surface area contributed by atoms with Crippen molar-refractivity contribution in [2.75, 3.05) is 17.2 Å². The van der Waals surface area contributed by atoms with Crippen LogP contribution in [0.4, 0.5) is 23.2 Å². The number of carbonyl (C=O) groups is 2. The van der Waals surface area contributed by atoms with Gasteiger partial charge in [-0.2, -0.15) is 13.2 Å². The number of alkyl halides is 3. The van der Waals surface area contributed by atoms with Gasteiger partial charge in [0, 0.05) is 12.2 Å². The van der Waals surface area contributed by atoms with E-state index >= 15 is 0 Å². The molecule has 0 radical (unpaired) electrons. The van der Waals surface area contributed by atoms with E-state index in [2.05, 4.69) is 15.5 Å². The van der Waals surface area contributed by atoms with E-state index in [0.717, 1.165) is 54.1 Å². The summed E-state index contributed by atoms with van der Waals surface area (Å²) in [7, 11) is 0. The molecule has 12 heteroatoms. The van der Waals surface area contributed by atoms with Crippen LogP contribution in [-0.2, 0) is 23.9 Å². The number of hydrogen-bond donors (Lipinski definition) is 1. The number of halogens is 4. The number of aromatic nitrogens is 3. The molecule has 1 aromatic heterocycles. The number of aryl methyl sites for hydroxylation is 1. The van der Waals surface area contributed by atoms with Crippen molar-refractivity contribution in [3.05, 3.63) is 101 Å². The van der Waals surface area contributed by atoms with Crippen molar-refractivity contribution in [1.82, 2.24) is 20.1 Å². The van der Waals surface area contributed by atoms with E-state index in [1.807, 2.05) is 24.3 Å². The summed E-state index contributed by atoms with van der Waals surface area (Å²) in [6.07, 6.45) is -2.90. The van der Waals surface area contributed by atoms with E-state index in [9.17, 15) is 27.2 Å². The molecule has 4 aromatic rings. The largest absolute Gasteiger partial charge is 0.416 e. The van der Waals surface area contributed by atoms with Crippen LogP contribution in [0.5, 0.6) is 0 Å². The molecule has 5 rings (SSSR count). The average Bonchev–Trinajstić information content (AvgIpc) is 3.37. The van der Waals surface area contributed by atoms with Gasteiger partial charge in [-0.25, -0.2) is 4.39 Å². The lowest BCUT2D eigenvalue weighted by molar-refractivity contribution is -0.137. The van der Waals surface area contributed by atoms with Gasteiger partial charge in [0.1, 0.15) is 5.82 Å². The van der Waals surface area contributed by atoms with Crippen molar-refractivity contribution in [2.24, 2.45) is 0 Å². The van der Waals surface area contributed by atoms with Gasteiger partial charge in [-0.15, -0.1) is 10.2 Å². The van der Waals surface area contributed by atoms with E-state index < -0.39 is 23.5 Å². The van der Waals surface area contributed by atoms with Crippen LogP contribution in [0.3, 0.4) is 0 Å². The number of carbonyl (C=O) groups excluding carboxylic acids is 2. The lowest BCUT2D eigenvalue weighted by Gasteiger charge is -2.29. The van der Waals surface area contributed by atoms with Gasteiger partial charge in [-0.05, 0) is 54.8 Å². The van der Waals surface area contributed by atoms with E-state index in [1.54, 1.807) is 4.90 Å². The van der Waals surface area contributed by atoms with Crippen LogP contribution in [0, 0.1) is 5.82 Å². The first-order valence-corrected chi connectivity index (χ1v) is 13.4. The van der Waals surface area contributed by atoms with Crippen LogP contribution in [0.1, 0.15) is 33.7 Å². The van der Waals surface area contributed by atoms with Gasteiger partial charge in [0.05, 0.1) is 29.1 Å². The van der Waals surface area contributed by atoms with Crippen molar-refractivity contribution in [3.63, 3.8) is 0 Å². The Balaban J connectivity index is 1.41. The second-order valence-corrected chi connectivity index (χ2v) is 9.95. The minimum absolute atomic E-state index is 0.0347. The highest BCUT2D eigenvalue weighted by atomic mass is 32.2. The molecule has 0 spiro atoms. The zero-order chi connectivity index (χ0) is 28.3. The first kappa shape index (κ1) is 27.4. The number of para-hydroxylation sites is 1. The second kappa shape index (κ2) is 11.5. The summed E-state index contributed by atoms with van der Waals surface area (Å²) in [4.78, 5) is 27.4. The minimum Gasteiger partial charge on any atom is -0.345 e. The van der Waals surface area contributed by atoms with Crippen LogP contribution in [0.2, 0.25) is 0 Å². The van der Waals surface area contributed by atoms with Crippen molar-refractivity contribution < 1.29 is 27.2 Å². The summed E-state index contributed by atoms with van der Waals surface area (Å²) in [5.74, 6) is -1.53. The van der Waals surface area contributed by atoms with E-state index in [4.69, 9.17) is 0 Å².